The number of hydrogen-bond donors (Lipinski definition) is 0. The Bertz CT molecular complexity index is 344. The molecule has 72 valence electrons. The Morgan fingerprint density at radius 2 is 2.00 bits per heavy atom. The Morgan fingerprint density at radius 3 is 2.46 bits per heavy atom. The van der Waals surface area contributed by atoms with Crippen molar-refractivity contribution in [1.82, 2.24) is 4.57 Å². The lowest BCUT2D eigenvalue weighted by Crippen LogP contribution is -2.17. The van der Waals surface area contributed by atoms with Crippen LogP contribution in [0, 0.1) is 5.41 Å². The Labute approximate surface area is 79.2 Å². The van der Waals surface area contributed by atoms with Crippen LogP contribution in [-0.4, -0.2) is 4.57 Å². The molecule has 0 spiro atoms. The predicted octanol–water partition coefficient (Wildman–Crippen LogP) is 1.97. The molecule has 0 atom stereocenters. The normalized spacial score (nSPS) is 11.7. The van der Waals surface area contributed by atoms with Crippen molar-refractivity contribution in [2.24, 2.45) is 12.5 Å². The summed E-state index contributed by atoms with van der Waals surface area (Å²) in [6.45, 7) is 6.51. The van der Waals surface area contributed by atoms with Crippen LogP contribution in [0.3, 0.4) is 0 Å². The summed E-state index contributed by atoms with van der Waals surface area (Å²) in [6, 6.07) is 3.72. The molecule has 0 aliphatic rings. The van der Waals surface area contributed by atoms with Crippen molar-refractivity contribution in [1.29, 1.82) is 0 Å². The molecule has 1 aromatic rings. The summed E-state index contributed by atoms with van der Waals surface area (Å²) < 4.78 is 1.59. The topological polar surface area (TPSA) is 22.0 Å². The minimum absolute atomic E-state index is 0.0711. The molecule has 0 aliphatic carbocycles. The van der Waals surface area contributed by atoms with Gasteiger partial charge in [-0.2, -0.15) is 0 Å². The lowest BCUT2D eigenvalue weighted by Gasteiger charge is -2.17. The zero-order chi connectivity index (χ0) is 10.1. The first-order valence-corrected chi connectivity index (χ1v) is 4.54. The Kier molecular flexibility index (Phi) is 2.60. The van der Waals surface area contributed by atoms with E-state index >= 15 is 0 Å². The van der Waals surface area contributed by atoms with E-state index < -0.39 is 0 Å². The van der Waals surface area contributed by atoms with Crippen LogP contribution in [0.2, 0.25) is 0 Å². The first-order valence-electron chi connectivity index (χ1n) is 4.54. The highest BCUT2D eigenvalue weighted by atomic mass is 16.1. The second-order valence-electron chi connectivity index (χ2n) is 4.72. The second kappa shape index (κ2) is 3.36. The van der Waals surface area contributed by atoms with Crippen LogP contribution in [0.4, 0.5) is 0 Å². The molecule has 1 rings (SSSR count). The van der Waals surface area contributed by atoms with Crippen molar-refractivity contribution >= 4 is 0 Å². The number of nitrogens with zero attached hydrogens (tertiary/aromatic N) is 1. The van der Waals surface area contributed by atoms with Crippen LogP contribution in [0.25, 0.3) is 0 Å². The third-order valence-electron chi connectivity index (χ3n) is 1.90. The van der Waals surface area contributed by atoms with Crippen LogP contribution < -0.4 is 5.56 Å². The van der Waals surface area contributed by atoms with Crippen molar-refractivity contribution in [3.05, 3.63) is 34.2 Å². The zero-order valence-electron chi connectivity index (χ0n) is 8.79. The largest absolute Gasteiger partial charge is 0.319 e. The van der Waals surface area contributed by atoms with Crippen LogP contribution in [-0.2, 0) is 13.5 Å². The van der Waals surface area contributed by atoms with E-state index in [0.717, 1.165) is 12.0 Å². The second-order valence-corrected chi connectivity index (χ2v) is 4.72. The van der Waals surface area contributed by atoms with Crippen LogP contribution >= 0.6 is 0 Å². The highest BCUT2D eigenvalue weighted by molar-refractivity contribution is 5.12. The highest BCUT2D eigenvalue weighted by Crippen LogP contribution is 2.19. The maximum Gasteiger partial charge on any atom is 0.250 e. The zero-order valence-corrected chi connectivity index (χ0v) is 8.79. The minimum Gasteiger partial charge on any atom is -0.319 e. The Hall–Kier alpha value is -1.05. The standard InChI is InChI=1S/C11H17NO/c1-11(2,3)8-9-5-6-12(4)10(13)7-9/h5-7H,8H2,1-4H3. The quantitative estimate of drug-likeness (QED) is 0.646. The summed E-state index contributed by atoms with van der Waals surface area (Å²) in [5.41, 5.74) is 1.43. The molecule has 13 heavy (non-hydrogen) atoms. The molecule has 0 aromatic carbocycles. The summed E-state index contributed by atoms with van der Waals surface area (Å²) in [5, 5.41) is 0. The van der Waals surface area contributed by atoms with E-state index in [-0.39, 0.29) is 11.0 Å². The maximum atomic E-state index is 11.3. The lowest BCUT2D eigenvalue weighted by molar-refractivity contribution is 0.410. The summed E-state index contributed by atoms with van der Waals surface area (Å²) in [4.78, 5) is 11.3. The number of hydrogen-bond acceptors (Lipinski definition) is 1. The average Bonchev–Trinajstić information content (AvgIpc) is 1.94. The highest BCUT2D eigenvalue weighted by Gasteiger charge is 2.11. The molecule has 0 aliphatic heterocycles. The molecular weight excluding hydrogens is 162 g/mol. The fourth-order valence-electron chi connectivity index (χ4n) is 1.31. The number of aromatic nitrogens is 1. The van der Waals surface area contributed by atoms with E-state index in [9.17, 15) is 4.79 Å². The van der Waals surface area contributed by atoms with Crippen LogP contribution in [0.1, 0.15) is 26.3 Å². The van der Waals surface area contributed by atoms with Gasteiger partial charge in [0.15, 0.2) is 0 Å². The van der Waals surface area contributed by atoms with Crippen LogP contribution in [0.15, 0.2) is 23.1 Å². The van der Waals surface area contributed by atoms with Crippen molar-refractivity contribution in [2.45, 2.75) is 27.2 Å². The van der Waals surface area contributed by atoms with Crippen molar-refractivity contribution < 1.29 is 0 Å². The van der Waals surface area contributed by atoms with Gasteiger partial charge in [-0.3, -0.25) is 4.79 Å². The van der Waals surface area contributed by atoms with Gasteiger partial charge in [-0.25, -0.2) is 0 Å². The molecule has 2 nitrogen and oxygen atoms in total. The maximum absolute atomic E-state index is 11.3. The van der Waals surface area contributed by atoms with Gasteiger partial charge < -0.3 is 4.57 Å². The third-order valence-corrected chi connectivity index (χ3v) is 1.90. The summed E-state index contributed by atoms with van der Waals surface area (Å²) in [7, 11) is 1.77. The minimum atomic E-state index is 0.0711. The van der Waals surface area contributed by atoms with Gasteiger partial charge in [0.25, 0.3) is 5.56 Å². The van der Waals surface area contributed by atoms with Gasteiger partial charge in [-0.15, -0.1) is 0 Å². The molecular formula is C11H17NO. The molecule has 2 heteroatoms. The van der Waals surface area contributed by atoms with Gasteiger partial charge in [-0.1, -0.05) is 20.8 Å². The molecule has 0 N–H and O–H groups in total. The number of pyridine rings is 1. The first kappa shape index (κ1) is 10.0. The molecule has 0 fully saturated rings. The molecule has 0 amide bonds. The fourth-order valence-corrected chi connectivity index (χ4v) is 1.31. The van der Waals surface area contributed by atoms with Gasteiger partial charge in [0.1, 0.15) is 0 Å². The van der Waals surface area contributed by atoms with Gasteiger partial charge >= 0.3 is 0 Å². The molecule has 1 heterocycles. The first-order chi connectivity index (χ1) is 5.88. The third kappa shape index (κ3) is 3.05. The van der Waals surface area contributed by atoms with Crippen molar-refractivity contribution in [3.63, 3.8) is 0 Å². The lowest BCUT2D eigenvalue weighted by atomic mass is 9.88. The fraction of sp³-hybridized carbons (Fsp3) is 0.545. The van der Waals surface area contributed by atoms with E-state index in [0.29, 0.717) is 0 Å². The molecule has 0 radical (unpaired) electrons. The number of rotatable bonds is 1. The smallest absolute Gasteiger partial charge is 0.250 e. The Balaban J connectivity index is 2.93. The average molecular weight is 179 g/mol. The molecule has 1 aromatic heterocycles. The molecule has 0 saturated carbocycles. The molecule has 0 saturated heterocycles. The van der Waals surface area contributed by atoms with E-state index in [1.807, 2.05) is 12.3 Å². The summed E-state index contributed by atoms with van der Waals surface area (Å²) in [5.74, 6) is 0. The number of aryl methyl sites for hydroxylation is 1. The Morgan fingerprint density at radius 1 is 1.38 bits per heavy atom. The van der Waals surface area contributed by atoms with E-state index in [2.05, 4.69) is 20.8 Å². The van der Waals surface area contributed by atoms with Gasteiger partial charge in [-0.05, 0) is 23.5 Å². The van der Waals surface area contributed by atoms with Gasteiger partial charge in [0.05, 0.1) is 0 Å². The van der Waals surface area contributed by atoms with Crippen LogP contribution in [0.5, 0.6) is 0 Å². The van der Waals surface area contributed by atoms with Gasteiger partial charge in [0.2, 0.25) is 0 Å². The van der Waals surface area contributed by atoms with Crippen molar-refractivity contribution in [2.75, 3.05) is 0 Å². The van der Waals surface area contributed by atoms with E-state index in [1.54, 1.807) is 17.7 Å². The van der Waals surface area contributed by atoms with E-state index in [1.165, 1.54) is 0 Å². The van der Waals surface area contributed by atoms with E-state index in [4.69, 9.17) is 0 Å². The molecule has 0 unspecified atom stereocenters. The van der Waals surface area contributed by atoms with Crippen molar-refractivity contribution in [3.8, 4) is 0 Å². The summed E-state index contributed by atoms with van der Waals surface area (Å²) in [6.07, 6.45) is 2.77. The molecule has 0 bridgehead atoms. The SMILES string of the molecule is Cn1ccc(CC(C)(C)C)cc1=O. The summed E-state index contributed by atoms with van der Waals surface area (Å²) >= 11 is 0. The predicted molar refractivity (Wildman–Crippen MR) is 54.8 cm³/mol. The monoisotopic (exact) mass is 179 g/mol. The van der Waals surface area contributed by atoms with Gasteiger partial charge in [0, 0.05) is 19.3 Å².